The van der Waals surface area contributed by atoms with E-state index in [9.17, 15) is 0 Å². The molecule has 6 heterocycles. The molecule has 4 aromatic rings. The highest BCUT2D eigenvalue weighted by Gasteiger charge is 2.35. The van der Waals surface area contributed by atoms with Crippen LogP contribution in [-0.4, -0.2) is 60.3 Å². The lowest BCUT2D eigenvalue weighted by Crippen LogP contribution is -2.43. The summed E-state index contributed by atoms with van der Waals surface area (Å²) in [6, 6.07) is 4.07. The van der Waals surface area contributed by atoms with Gasteiger partial charge in [-0.05, 0) is 32.8 Å². The van der Waals surface area contributed by atoms with Gasteiger partial charge in [0, 0.05) is 36.6 Å². The highest BCUT2D eigenvalue weighted by molar-refractivity contribution is 5.79. The zero-order valence-corrected chi connectivity index (χ0v) is 16.4. The number of aromatic amines is 2. The maximum atomic E-state index is 6.03. The second-order valence-electron chi connectivity index (χ2n) is 7.94. The number of morpholine rings is 1. The second-order valence-corrected chi connectivity index (χ2v) is 7.94. The third kappa shape index (κ3) is 2.57. The molecule has 0 amide bonds. The Kier molecular flexibility index (Phi) is 3.55. The quantitative estimate of drug-likeness (QED) is 0.557. The Morgan fingerprint density at radius 3 is 2.66 bits per heavy atom. The molecule has 2 bridgehead atoms. The Labute approximate surface area is 167 Å². The van der Waals surface area contributed by atoms with Crippen molar-refractivity contribution in [2.75, 3.05) is 18.0 Å². The number of aromatic nitrogens is 7. The first-order valence-corrected chi connectivity index (χ1v) is 9.98. The number of hydrogen-bond donors (Lipinski definition) is 2. The van der Waals surface area contributed by atoms with E-state index in [4.69, 9.17) is 9.72 Å². The molecule has 0 aromatic carbocycles. The summed E-state index contributed by atoms with van der Waals surface area (Å²) in [4.78, 5) is 7.38. The molecule has 148 valence electrons. The van der Waals surface area contributed by atoms with Crippen LogP contribution >= 0.6 is 0 Å². The molecule has 0 aliphatic carbocycles. The summed E-state index contributed by atoms with van der Waals surface area (Å²) in [5.74, 6) is 0.953. The monoisotopic (exact) mass is 390 g/mol. The Morgan fingerprint density at radius 2 is 1.97 bits per heavy atom. The largest absolute Gasteiger partial charge is 0.371 e. The fourth-order valence-corrected chi connectivity index (χ4v) is 4.62. The lowest BCUT2D eigenvalue weighted by atomic mass is 10.1. The fourth-order valence-electron chi connectivity index (χ4n) is 4.62. The van der Waals surface area contributed by atoms with Crippen LogP contribution in [0.4, 0.5) is 5.82 Å². The predicted octanol–water partition coefficient (Wildman–Crippen LogP) is 2.49. The van der Waals surface area contributed by atoms with E-state index in [2.05, 4.69) is 36.5 Å². The van der Waals surface area contributed by atoms with Crippen LogP contribution in [0.15, 0.2) is 24.5 Å². The molecular weight excluding hydrogens is 368 g/mol. The van der Waals surface area contributed by atoms with Gasteiger partial charge < -0.3 is 9.64 Å². The van der Waals surface area contributed by atoms with Gasteiger partial charge in [-0.3, -0.25) is 10.2 Å². The number of nitrogens with zero attached hydrogens (tertiary/aromatic N) is 6. The van der Waals surface area contributed by atoms with Gasteiger partial charge in [-0.2, -0.15) is 15.3 Å². The van der Waals surface area contributed by atoms with Crippen LogP contribution in [0.2, 0.25) is 0 Å². The average Bonchev–Trinajstić information content (AvgIpc) is 3.49. The van der Waals surface area contributed by atoms with Gasteiger partial charge in [0.05, 0.1) is 41.1 Å². The summed E-state index contributed by atoms with van der Waals surface area (Å²) >= 11 is 0. The van der Waals surface area contributed by atoms with Crippen molar-refractivity contribution >= 4 is 11.5 Å². The zero-order valence-electron chi connectivity index (χ0n) is 16.4. The highest BCUT2D eigenvalue weighted by Crippen LogP contribution is 2.34. The first-order valence-electron chi connectivity index (χ1n) is 9.98. The molecule has 29 heavy (non-hydrogen) atoms. The number of ether oxygens (including phenoxy) is 1. The number of nitrogens with one attached hydrogen (secondary N) is 2. The molecule has 0 radical (unpaired) electrons. The summed E-state index contributed by atoms with van der Waals surface area (Å²) in [6.45, 7) is 5.79. The molecule has 2 aliphatic rings. The molecule has 0 spiro atoms. The van der Waals surface area contributed by atoms with Crippen LogP contribution in [0.25, 0.3) is 28.2 Å². The first-order chi connectivity index (χ1) is 14.2. The van der Waals surface area contributed by atoms with Crippen molar-refractivity contribution < 1.29 is 4.74 Å². The summed E-state index contributed by atoms with van der Waals surface area (Å²) < 4.78 is 7.93. The van der Waals surface area contributed by atoms with Crippen molar-refractivity contribution in [3.8, 4) is 22.5 Å². The Hall–Kier alpha value is -3.20. The van der Waals surface area contributed by atoms with Gasteiger partial charge in [0.1, 0.15) is 5.82 Å². The first kappa shape index (κ1) is 16.7. The van der Waals surface area contributed by atoms with Crippen LogP contribution in [0, 0.1) is 13.8 Å². The second kappa shape index (κ2) is 6.15. The minimum atomic E-state index is 0.296. The smallest absolute Gasteiger partial charge is 0.167 e. The zero-order chi connectivity index (χ0) is 19.5. The van der Waals surface area contributed by atoms with Crippen molar-refractivity contribution in [3.63, 3.8) is 0 Å². The van der Waals surface area contributed by atoms with E-state index >= 15 is 0 Å². The van der Waals surface area contributed by atoms with Crippen molar-refractivity contribution in [2.45, 2.75) is 38.9 Å². The Morgan fingerprint density at radius 1 is 1.14 bits per heavy atom. The van der Waals surface area contributed by atoms with Crippen LogP contribution in [-0.2, 0) is 4.74 Å². The number of H-pyrrole nitrogens is 2. The molecule has 2 unspecified atom stereocenters. The number of aryl methyl sites for hydroxylation is 2. The SMILES string of the molecule is Cc1n[nH]c(C)c1-c1cc(N2CC3CCC(C2)O3)nc2c(-c3ccn[nH]3)cnn12. The Bertz CT molecular complexity index is 1160. The maximum absolute atomic E-state index is 6.03. The van der Waals surface area contributed by atoms with Gasteiger partial charge in [0.25, 0.3) is 0 Å². The molecule has 2 atom stereocenters. The van der Waals surface area contributed by atoms with Crippen molar-refractivity contribution in [3.05, 3.63) is 35.9 Å². The van der Waals surface area contributed by atoms with E-state index in [-0.39, 0.29) is 0 Å². The van der Waals surface area contributed by atoms with Crippen molar-refractivity contribution in [2.24, 2.45) is 0 Å². The summed E-state index contributed by atoms with van der Waals surface area (Å²) in [7, 11) is 0. The molecule has 6 rings (SSSR count). The van der Waals surface area contributed by atoms with Crippen LogP contribution < -0.4 is 4.90 Å². The van der Waals surface area contributed by atoms with E-state index in [1.165, 1.54) is 0 Å². The topological polar surface area (TPSA) is 100 Å². The van der Waals surface area contributed by atoms with Gasteiger partial charge >= 0.3 is 0 Å². The number of anilines is 1. The van der Waals surface area contributed by atoms with Crippen LogP contribution in [0.3, 0.4) is 0 Å². The molecular formula is C20H22N8O. The maximum Gasteiger partial charge on any atom is 0.167 e. The lowest BCUT2D eigenvalue weighted by Gasteiger charge is -2.33. The van der Waals surface area contributed by atoms with Gasteiger partial charge in [0.15, 0.2) is 5.65 Å². The van der Waals surface area contributed by atoms with Crippen LogP contribution in [0.5, 0.6) is 0 Å². The molecule has 2 saturated heterocycles. The minimum Gasteiger partial charge on any atom is -0.371 e. The summed E-state index contributed by atoms with van der Waals surface area (Å²) in [6.07, 6.45) is 6.43. The normalized spacial score (nSPS) is 21.4. The molecule has 2 N–H and O–H groups in total. The lowest BCUT2D eigenvalue weighted by molar-refractivity contribution is 0.0302. The standard InChI is InChI=1S/C20H22N8O/c1-11-19(12(2)25-24-11)17-7-18(27-9-13-3-4-14(10-27)29-13)23-20-15(8-22-28(17)20)16-5-6-21-26-16/h5-8,13-14H,3-4,9-10H2,1-2H3,(H,21,26)(H,24,25). The van der Waals surface area contributed by atoms with E-state index in [1.54, 1.807) is 6.20 Å². The van der Waals surface area contributed by atoms with E-state index in [1.807, 2.05) is 30.6 Å². The molecule has 2 aliphatic heterocycles. The van der Waals surface area contributed by atoms with E-state index in [0.717, 1.165) is 71.3 Å². The third-order valence-electron chi connectivity index (χ3n) is 6.00. The number of hydrogen-bond acceptors (Lipinski definition) is 6. The van der Waals surface area contributed by atoms with Gasteiger partial charge in [-0.15, -0.1) is 0 Å². The molecule has 9 nitrogen and oxygen atoms in total. The van der Waals surface area contributed by atoms with E-state index in [0.29, 0.717) is 12.2 Å². The molecule has 2 fully saturated rings. The van der Waals surface area contributed by atoms with Crippen LogP contribution in [0.1, 0.15) is 24.2 Å². The van der Waals surface area contributed by atoms with E-state index < -0.39 is 0 Å². The van der Waals surface area contributed by atoms with Crippen molar-refractivity contribution in [1.82, 2.24) is 35.0 Å². The average molecular weight is 390 g/mol. The molecule has 0 saturated carbocycles. The third-order valence-corrected chi connectivity index (χ3v) is 6.00. The minimum absolute atomic E-state index is 0.296. The van der Waals surface area contributed by atoms with Crippen molar-refractivity contribution in [1.29, 1.82) is 0 Å². The molecule has 9 heteroatoms. The number of fused-ring (bicyclic) bond motifs is 3. The Balaban J connectivity index is 1.58. The van der Waals surface area contributed by atoms with Gasteiger partial charge in [-0.25, -0.2) is 9.50 Å². The van der Waals surface area contributed by atoms with Gasteiger partial charge in [-0.1, -0.05) is 0 Å². The summed E-state index contributed by atoms with van der Waals surface area (Å²) in [5, 5.41) is 19.3. The predicted molar refractivity (Wildman–Crippen MR) is 108 cm³/mol. The summed E-state index contributed by atoms with van der Waals surface area (Å²) in [5.41, 5.74) is 6.65. The molecule has 4 aromatic heterocycles. The number of rotatable bonds is 3. The highest BCUT2D eigenvalue weighted by atomic mass is 16.5. The van der Waals surface area contributed by atoms with Gasteiger partial charge in [0.2, 0.25) is 0 Å². The fraction of sp³-hybridized carbons (Fsp3) is 0.400.